The third-order valence-corrected chi connectivity index (χ3v) is 4.12. The Morgan fingerprint density at radius 3 is 2.67 bits per heavy atom. The number of nitrogens with two attached hydrogens (primary N) is 1. The molecule has 8 nitrogen and oxygen atoms in total. The predicted molar refractivity (Wildman–Crippen MR) is 101 cm³/mol. The van der Waals surface area contributed by atoms with E-state index in [0.29, 0.717) is 25.1 Å². The second-order valence-electron chi connectivity index (χ2n) is 6.12. The topological polar surface area (TPSA) is 126 Å². The van der Waals surface area contributed by atoms with Crippen molar-refractivity contribution in [2.45, 2.75) is 26.2 Å². The Morgan fingerprint density at radius 1 is 1.37 bits per heavy atom. The van der Waals surface area contributed by atoms with E-state index in [4.69, 9.17) is 15.9 Å². The van der Waals surface area contributed by atoms with Crippen LogP contribution in [0.25, 0.3) is 0 Å². The van der Waals surface area contributed by atoms with Gasteiger partial charge in [0.15, 0.2) is 0 Å². The van der Waals surface area contributed by atoms with E-state index in [-0.39, 0.29) is 42.4 Å². The van der Waals surface area contributed by atoms with Gasteiger partial charge < -0.3 is 20.7 Å². The minimum absolute atomic E-state index is 0.0265. The summed E-state index contributed by atoms with van der Waals surface area (Å²) in [6.45, 7) is 2.57. The largest absolute Gasteiger partial charge is 0.466 e. The van der Waals surface area contributed by atoms with E-state index in [1.165, 1.54) is 6.20 Å². The summed E-state index contributed by atoms with van der Waals surface area (Å²) >= 11 is 0. The van der Waals surface area contributed by atoms with Gasteiger partial charge in [-0.15, -0.1) is 0 Å². The number of nitrogen functional groups attached to an aromatic ring is 1. The van der Waals surface area contributed by atoms with Crippen LogP contribution in [0.3, 0.4) is 0 Å². The quantitative estimate of drug-likeness (QED) is 0.261. The fourth-order valence-electron chi connectivity index (χ4n) is 2.65. The summed E-state index contributed by atoms with van der Waals surface area (Å²) in [6, 6.07) is 6.84. The molecule has 0 radical (unpaired) electrons. The third kappa shape index (κ3) is 5.67. The number of amides is 2. The Balaban J connectivity index is 1.71. The van der Waals surface area contributed by atoms with Crippen molar-refractivity contribution in [1.82, 2.24) is 5.32 Å². The molecule has 1 saturated heterocycles. The van der Waals surface area contributed by atoms with Crippen LogP contribution in [-0.2, 0) is 19.1 Å². The molecule has 4 N–H and O–H groups in total. The Hall–Kier alpha value is -3.16. The van der Waals surface area contributed by atoms with Crippen molar-refractivity contribution in [3.63, 3.8) is 0 Å². The van der Waals surface area contributed by atoms with Crippen molar-refractivity contribution in [2.24, 2.45) is 11.7 Å². The maximum Gasteiger partial charge on any atom is 0.306 e. The normalized spacial score (nSPS) is 16.1. The van der Waals surface area contributed by atoms with Gasteiger partial charge in [-0.05, 0) is 43.8 Å². The Morgan fingerprint density at radius 2 is 2.07 bits per heavy atom. The summed E-state index contributed by atoms with van der Waals surface area (Å²) in [7, 11) is 0. The standard InChI is InChI=1S/C19H24N4O4/c1-2-27-17(25)5-3-4-10-22-16(24)11-14-12-23(19(14)26)15-8-6-13(7-9-15)18(20)21/h4,6-10,14H,2-3,5,11-12H2,1H3,(H3,20,21)(H,22,24). The van der Waals surface area contributed by atoms with Crippen LogP contribution in [0.15, 0.2) is 36.5 Å². The molecule has 144 valence electrons. The number of hydrogen-bond donors (Lipinski definition) is 3. The molecule has 2 amide bonds. The second-order valence-corrected chi connectivity index (χ2v) is 6.12. The van der Waals surface area contributed by atoms with Crippen molar-refractivity contribution in [2.75, 3.05) is 18.1 Å². The molecule has 1 fully saturated rings. The molecule has 1 atom stereocenters. The lowest BCUT2D eigenvalue weighted by atomic mass is 9.93. The van der Waals surface area contributed by atoms with Gasteiger partial charge in [0.05, 0.1) is 12.5 Å². The van der Waals surface area contributed by atoms with Gasteiger partial charge in [-0.3, -0.25) is 19.8 Å². The number of hydrogen-bond acceptors (Lipinski definition) is 5. The van der Waals surface area contributed by atoms with Crippen LogP contribution in [0.2, 0.25) is 0 Å². The molecule has 0 aliphatic carbocycles. The first-order chi connectivity index (χ1) is 12.9. The van der Waals surface area contributed by atoms with Crippen LogP contribution in [0.5, 0.6) is 0 Å². The first-order valence-electron chi connectivity index (χ1n) is 8.78. The Bertz CT molecular complexity index is 743. The monoisotopic (exact) mass is 372 g/mol. The van der Waals surface area contributed by atoms with Crippen molar-refractivity contribution < 1.29 is 19.1 Å². The number of nitrogens with zero attached hydrogens (tertiary/aromatic N) is 1. The predicted octanol–water partition coefficient (Wildman–Crippen LogP) is 1.30. The number of esters is 1. The first kappa shape index (κ1) is 20.2. The molecule has 27 heavy (non-hydrogen) atoms. The van der Waals surface area contributed by atoms with Crippen LogP contribution in [0, 0.1) is 11.3 Å². The molecule has 0 aromatic heterocycles. The average molecular weight is 372 g/mol. The Kier molecular flexibility index (Phi) is 7.10. The zero-order valence-corrected chi connectivity index (χ0v) is 15.2. The summed E-state index contributed by atoms with van der Waals surface area (Å²) in [5.74, 6) is -0.990. The van der Waals surface area contributed by atoms with Crippen LogP contribution < -0.4 is 16.0 Å². The van der Waals surface area contributed by atoms with E-state index >= 15 is 0 Å². The van der Waals surface area contributed by atoms with Gasteiger partial charge in [-0.2, -0.15) is 0 Å². The maximum atomic E-state index is 12.2. The number of nitrogens with one attached hydrogen (secondary N) is 2. The zero-order chi connectivity index (χ0) is 19.8. The van der Waals surface area contributed by atoms with Crippen LogP contribution >= 0.6 is 0 Å². The lowest BCUT2D eigenvalue weighted by Crippen LogP contribution is -2.53. The number of benzene rings is 1. The average Bonchev–Trinajstić information content (AvgIpc) is 2.64. The van der Waals surface area contributed by atoms with Crippen LogP contribution in [-0.4, -0.2) is 36.8 Å². The van der Waals surface area contributed by atoms with E-state index in [1.807, 2.05) is 0 Å². The zero-order valence-electron chi connectivity index (χ0n) is 15.2. The van der Waals surface area contributed by atoms with E-state index in [2.05, 4.69) is 5.32 Å². The lowest BCUT2D eigenvalue weighted by molar-refractivity contribution is -0.143. The number of amidine groups is 1. The molecule has 0 saturated carbocycles. The van der Waals surface area contributed by atoms with E-state index in [1.54, 1.807) is 42.2 Å². The summed E-state index contributed by atoms with van der Waals surface area (Å²) in [6.07, 6.45) is 4.02. The minimum atomic E-state index is -0.342. The Labute approximate surface area is 157 Å². The number of ether oxygens (including phenoxy) is 1. The molecule has 1 aliphatic heterocycles. The van der Waals surface area contributed by atoms with Crippen molar-refractivity contribution >= 4 is 29.3 Å². The van der Waals surface area contributed by atoms with Gasteiger partial charge in [-0.25, -0.2) is 0 Å². The van der Waals surface area contributed by atoms with Crippen molar-refractivity contribution in [3.8, 4) is 0 Å². The highest BCUT2D eigenvalue weighted by Gasteiger charge is 2.38. The van der Waals surface area contributed by atoms with Crippen LogP contribution in [0.4, 0.5) is 5.69 Å². The SMILES string of the molecule is CCOC(=O)CCC=CNC(=O)CC1CN(c2ccc(C(=N)N)cc2)C1=O. The molecule has 1 aliphatic rings. The van der Waals surface area contributed by atoms with E-state index in [9.17, 15) is 14.4 Å². The number of allylic oxidation sites excluding steroid dienone is 1. The van der Waals surface area contributed by atoms with Crippen molar-refractivity contribution in [1.29, 1.82) is 5.41 Å². The summed E-state index contributed by atoms with van der Waals surface area (Å²) in [5, 5.41) is 9.97. The first-order valence-corrected chi connectivity index (χ1v) is 8.78. The van der Waals surface area contributed by atoms with Crippen molar-refractivity contribution in [3.05, 3.63) is 42.1 Å². The molecule has 1 heterocycles. The molecule has 8 heteroatoms. The molecule has 0 bridgehead atoms. The number of rotatable bonds is 9. The molecule has 2 rings (SSSR count). The highest BCUT2D eigenvalue weighted by molar-refractivity contribution is 6.04. The van der Waals surface area contributed by atoms with Gasteiger partial charge in [0, 0.05) is 30.6 Å². The fraction of sp³-hybridized carbons (Fsp3) is 0.368. The number of anilines is 1. The van der Waals surface area contributed by atoms with Crippen LogP contribution in [0.1, 0.15) is 31.7 Å². The smallest absolute Gasteiger partial charge is 0.306 e. The summed E-state index contributed by atoms with van der Waals surface area (Å²) in [4.78, 5) is 36.9. The number of carbonyl (C=O) groups is 3. The number of β-lactam (4-membered cyclic amide) rings is 1. The van der Waals surface area contributed by atoms with Gasteiger partial charge in [0.2, 0.25) is 11.8 Å². The molecule has 1 aromatic carbocycles. The molecule has 0 spiro atoms. The fourth-order valence-corrected chi connectivity index (χ4v) is 2.65. The van der Waals surface area contributed by atoms with Gasteiger partial charge >= 0.3 is 5.97 Å². The van der Waals surface area contributed by atoms with Gasteiger partial charge in [0.25, 0.3) is 0 Å². The maximum absolute atomic E-state index is 12.2. The minimum Gasteiger partial charge on any atom is -0.466 e. The second kappa shape index (κ2) is 9.51. The van der Waals surface area contributed by atoms with Gasteiger partial charge in [-0.1, -0.05) is 6.08 Å². The van der Waals surface area contributed by atoms with E-state index in [0.717, 1.165) is 5.69 Å². The van der Waals surface area contributed by atoms with Gasteiger partial charge in [0.1, 0.15) is 5.84 Å². The molecular formula is C19H24N4O4. The molecule has 1 aromatic rings. The third-order valence-electron chi connectivity index (χ3n) is 4.12. The number of carbonyl (C=O) groups excluding carboxylic acids is 3. The molecular weight excluding hydrogens is 348 g/mol. The lowest BCUT2D eigenvalue weighted by Gasteiger charge is -2.38. The molecule has 1 unspecified atom stereocenters. The highest BCUT2D eigenvalue weighted by atomic mass is 16.5. The summed E-state index contributed by atoms with van der Waals surface area (Å²) in [5.41, 5.74) is 6.73. The van der Waals surface area contributed by atoms with E-state index < -0.39 is 0 Å². The highest BCUT2D eigenvalue weighted by Crippen LogP contribution is 2.28. The summed E-state index contributed by atoms with van der Waals surface area (Å²) < 4.78 is 4.80.